The van der Waals surface area contributed by atoms with Gasteiger partial charge in [-0.15, -0.1) is 5.11 Å². The molecule has 5 heteroatoms. The van der Waals surface area contributed by atoms with Crippen LogP contribution in [-0.2, 0) is 0 Å². The Morgan fingerprint density at radius 2 is 1.81 bits per heavy atom. The molecule has 1 aliphatic rings. The normalized spacial score (nSPS) is 15.9. The Morgan fingerprint density at radius 3 is 2.38 bits per heavy atom. The van der Waals surface area contributed by atoms with Gasteiger partial charge in [0.15, 0.2) is 0 Å². The van der Waals surface area contributed by atoms with Gasteiger partial charge in [0.2, 0.25) is 0 Å². The SMILES string of the molecule is O=C(O)c1ccc(N=NN2CCCC2)cc1. The van der Waals surface area contributed by atoms with Crippen molar-refractivity contribution in [2.75, 3.05) is 13.1 Å². The lowest BCUT2D eigenvalue weighted by Crippen LogP contribution is -2.09. The van der Waals surface area contributed by atoms with Crippen LogP contribution in [0.2, 0.25) is 0 Å². The van der Waals surface area contributed by atoms with Crippen molar-refractivity contribution in [2.24, 2.45) is 10.3 Å². The molecule has 0 radical (unpaired) electrons. The van der Waals surface area contributed by atoms with E-state index in [0.29, 0.717) is 5.69 Å². The van der Waals surface area contributed by atoms with Gasteiger partial charge in [-0.25, -0.2) is 4.79 Å². The third-order valence-corrected chi connectivity index (χ3v) is 2.48. The van der Waals surface area contributed by atoms with Crippen LogP contribution in [-0.4, -0.2) is 29.2 Å². The lowest BCUT2D eigenvalue weighted by molar-refractivity contribution is 0.0697. The first-order chi connectivity index (χ1) is 7.75. The quantitative estimate of drug-likeness (QED) is 0.794. The summed E-state index contributed by atoms with van der Waals surface area (Å²) >= 11 is 0. The molecule has 1 saturated heterocycles. The highest BCUT2D eigenvalue weighted by Crippen LogP contribution is 2.15. The highest BCUT2D eigenvalue weighted by molar-refractivity contribution is 5.87. The lowest BCUT2D eigenvalue weighted by Gasteiger charge is -2.06. The Bertz CT molecular complexity index is 394. The molecule has 1 aromatic rings. The van der Waals surface area contributed by atoms with Crippen LogP contribution in [0.15, 0.2) is 34.6 Å². The van der Waals surface area contributed by atoms with Crippen LogP contribution in [0.4, 0.5) is 5.69 Å². The maximum Gasteiger partial charge on any atom is 0.335 e. The molecule has 0 unspecified atom stereocenters. The van der Waals surface area contributed by atoms with Crippen molar-refractivity contribution in [3.05, 3.63) is 29.8 Å². The zero-order valence-electron chi connectivity index (χ0n) is 8.83. The number of benzene rings is 1. The molecule has 1 aliphatic heterocycles. The molecule has 1 heterocycles. The van der Waals surface area contributed by atoms with Crippen molar-refractivity contribution in [3.63, 3.8) is 0 Å². The van der Waals surface area contributed by atoms with E-state index in [1.165, 1.54) is 12.1 Å². The first kappa shape index (κ1) is 10.6. The van der Waals surface area contributed by atoms with Gasteiger partial charge in [0.25, 0.3) is 0 Å². The van der Waals surface area contributed by atoms with E-state index in [2.05, 4.69) is 10.3 Å². The van der Waals surface area contributed by atoms with Gasteiger partial charge >= 0.3 is 5.97 Å². The number of hydrogen-bond acceptors (Lipinski definition) is 3. The van der Waals surface area contributed by atoms with E-state index in [1.807, 2.05) is 5.01 Å². The van der Waals surface area contributed by atoms with E-state index in [1.54, 1.807) is 12.1 Å². The number of rotatable bonds is 3. The molecule has 0 spiro atoms. The van der Waals surface area contributed by atoms with Gasteiger partial charge < -0.3 is 5.11 Å². The summed E-state index contributed by atoms with van der Waals surface area (Å²) in [5, 5.41) is 18.8. The minimum Gasteiger partial charge on any atom is -0.478 e. The predicted octanol–water partition coefficient (Wildman–Crippen LogP) is 2.48. The second kappa shape index (κ2) is 4.74. The molecule has 1 fully saturated rings. The average Bonchev–Trinajstić information content (AvgIpc) is 2.80. The summed E-state index contributed by atoms with van der Waals surface area (Å²) in [6.45, 7) is 1.91. The van der Waals surface area contributed by atoms with Crippen LogP contribution in [0.25, 0.3) is 0 Å². The number of aromatic carboxylic acids is 1. The van der Waals surface area contributed by atoms with Crippen LogP contribution < -0.4 is 0 Å². The minimum atomic E-state index is -0.928. The molecule has 0 amide bonds. The number of carbonyl (C=O) groups is 1. The maximum atomic E-state index is 10.6. The predicted molar refractivity (Wildman–Crippen MR) is 58.7 cm³/mol. The molecular formula is C11H13N3O2. The highest BCUT2D eigenvalue weighted by atomic mass is 16.4. The Hall–Kier alpha value is -1.91. The first-order valence-corrected chi connectivity index (χ1v) is 5.26. The van der Waals surface area contributed by atoms with E-state index in [0.717, 1.165) is 25.9 Å². The van der Waals surface area contributed by atoms with Crippen LogP contribution in [0.5, 0.6) is 0 Å². The smallest absolute Gasteiger partial charge is 0.335 e. The van der Waals surface area contributed by atoms with E-state index < -0.39 is 5.97 Å². The monoisotopic (exact) mass is 219 g/mol. The summed E-state index contributed by atoms with van der Waals surface area (Å²) in [7, 11) is 0. The van der Waals surface area contributed by atoms with Gasteiger partial charge in [0.05, 0.1) is 11.3 Å². The van der Waals surface area contributed by atoms with Crippen molar-refractivity contribution in [2.45, 2.75) is 12.8 Å². The summed E-state index contributed by atoms with van der Waals surface area (Å²) in [5.41, 5.74) is 0.942. The van der Waals surface area contributed by atoms with Crippen molar-refractivity contribution in [3.8, 4) is 0 Å². The maximum absolute atomic E-state index is 10.6. The molecular weight excluding hydrogens is 206 g/mol. The summed E-state index contributed by atoms with van der Waals surface area (Å²) in [6.07, 6.45) is 2.33. The fourth-order valence-electron chi connectivity index (χ4n) is 1.58. The number of carboxylic acid groups (broad SMARTS) is 1. The Balaban J connectivity index is 2.01. The molecule has 16 heavy (non-hydrogen) atoms. The summed E-state index contributed by atoms with van der Waals surface area (Å²) in [6, 6.07) is 6.37. The summed E-state index contributed by atoms with van der Waals surface area (Å²) in [5.74, 6) is -0.928. The zero-order valence-corrected chi connectivity index (χ0v) is 8.83. The zero-order chi connectivity index (χ0) is 11.4. The minimum absolute atomic E-state index is 0.264. The molecule has 5 nitrogen and oxygen atoms in total. The second-order valence-corrected chi connectivity index (χ2v) is 3.70. The highest BCUT2D eigenvalue weighted by Gasteiger charge is 2.08. The average molecular weight is 219 g/mol. The fraction of sp³-hybridized carbons (Fsp3) is 0.364. The van der Waals surface area contributed by atoms with Crippen molar-refractivity contribution in [1.29, 1.82) is 0 Å². The number of carboxylic acids is 1. The number of nitrogens with zero attached hydrogens (tertiary/aromatic N) is 3. The standard InChI is InChI=1S/C11H13N3O2/c15-11(16)9-3-5-10(6-4-9)12-13-14-7-1-2-8-14/h3-6H,1-2,7-8H2,(H,15,16). The van der Waals surface area contributed by atoms with E-state index >= 15 is 0 Å². The van der Waals surface area contributed by atoms with Crippen molar-refractivity contribution in [1.82, 2.24) is 5.01 Å². The Kier molecular flexibility index (Phi) is 3.14. The van der Waals surface area contributed by atoms with Gasteiger partial charge in [-0.1, -0.05) is 5.22 Å². The Morgan fingerprint density at radius 1 is 1.19 bits per heavy atom. The van der Waals surface area contributed by atoms with Gasteiger partial charge in [0, 0.05) is 13.1 Å². The first-order valence-electron chi connectivity index (χ1n) is 5.26. The Labute approximate surface area is 93.4 Å². The molecule has 1 N–H and O–H groups in total. The second-order valence-electron chi connectivity index (χ2n) is 3.70. The topological polar surface area (TPSA) is 65.3 Å². The largest absolute Gasteiger partial charge is 0.478 e. The van der Waals surface area contributed by atoms with Crippen LogP contribution >= 0.6 is 0 Å². The van der Waals surface area contributed by atoms with Crippen molar-refractivity contribution >= 4 is 11.7 Å². The fourth-order valence-corrected chi connectivity index (χ4v) is 1.58. The van der Waals surface area contributed by atoms with E-state index in [9.17, 15) is 4.79 Å². The van der Waals surface area contributed by atoms with Gasteiger partial charge in [-0.05, 0) is 37.1 Å². The lowest BCUT2D eigenvalue weighted by atomic mass is 10.2. The molecule has 0 aliphatic carbocycles. The molecule has 0 saturated carbocycles. The molecule has 1 aromatic carbocycles. The van der Waals surface area contributed by atoms with E-state index in [-0.39, 0.29) is 5.56 Å². The van der Waals surface area contributed by atoms with Crippen LogP contribution in [0.1, 0.15) is 23.2 Å². The third kappa shape index (κ3) is 2.56. The van der Waals surface area contributed by atoms with Crippen molar-refractivity contribution < 1.29 is 9.90 Å². The summed E-state index contributed by atoms with van der Waals surface area (Å²) in [4.78, 5) is 10.6. The van der Waals surface area contributed by atoms with E-state index in [4.69, 9.17) is 5.11 Å². The van der Waals surface area contributed by atoms with Gasteiger partial charge in [-0.2, -0.15) is 0 Å². The van der Waals surface area contributed by atoms with Crippen LogP contribution in [0, 0.1) is 0 Å². The molecule has 2 rings (SSSR count). The van der Waals surface area contributed by atoms with Gasteiger partial charge in [0.1, 0.15) is 0 Å². The molecule has 0 aromatic heterocycles. The number of hydrogen-bond donors (Lipinski definition) is 1. The van der Waals surface area contributed by atoms with Gasteiger partial charge in [-0.3, -0.25) is 5.01 Å². The third-order valence-electron chi connectivity index (χ3n) is 2.48. The molecule has 84 valence electrons. The molecule has 0 atom stereocenters. The molecule has 0 bridgehead atoms. The summed E-state index contributed by atoms with van der Waals surface area (Å²) < 4.78 is 0. The van der Waals surface area contributed by atoms with Crippen LogP contribution in [0.3, 0.4) is 0 Å².